The van der Waals surface area contributed by atoms with E-state index in [9.17, 15) is 14.7 Å². The first-order chi connectivity index (χ1) is 18.5. The summed E-state index contributed by atoms with van der Waals surface area (Å²) in [6, 6.07) is 29.9. The molecule has 0 aromatic heterocycles. The largest absolute Gasteiger partial charge is 0.465 e. The van der Waals surface area contributed by atoms with Crippen LogP contribution in [0, 0.1) is 0 Å². The summed E-state index contributed by atoms with van der Waals surface area (Å²) in [7, 11) is 0. The highest BCUT2D eigenvalue weighted by atomic mass is 35.5. The fraction of sp³-hybridized carbons (Fsp3) is 0.188. The number of aryl methyl sites for hydroxylation is 2. The summed E-state index contributed by atoms with van der Waals surface area (Å²) < 4.78 is 0. The van der Waals surface area contributed by atoms with Gasteiger partial charge >= 0.3 is 6.09 Å². The molecule has 5 nitrogen and oxygen atoms in total. The smallest absolute Gasteiger partial charge is 0.407 e. The summed E-state index contributed by atoms with van der Waals surface area (Å²) in [5, 5.41) is 10.7. The second kappa shape index (κ2) is 9.99. The first-order valence-electron chi connectivity index (χ1n) is 12.9. The third-order valence-electron chi connectivity index (χ3n) is 7.67. The Morgan fingerprint density at radius 2 is 1.42 bits per heavy atom. The molecule has 4 aromatic carbocycles. The van der Waals surface area contributed by atoms with Crippen LogP contribution in [0.3, 0.4) is 0 Å². The molecule has 0 spiro atoms. The highest BCUT2D eigenvalue weighted by molar-refractivity contribution is 6.31. The van der Waals surface area contributed by atoms with Crippen molar-refractivity contribution in [2.24, 2.45) is 0 Å². The van der Waals surface area contributed by atoms with Gasteiger partial charge < -0.3 is 10.0 Å². The van der Waals surface area contributed by atoms with Crippen molar-refractivity contribution in [2.45, 2.75) is 25.2 Å². The third kappa shape index (κ3) is 4.33. The van der Waals surface area contributed by atoms with Gasteiger partial charge in [-0.1, -0.05) is 84.4 Å². The van der Waals surface area contributed by atoms with Crippen molar-refractivity contribution < 1.29 is 14.7 Å². The van der Waals surface area contributed by atoms with Gasteiger partial charge in [0.15, 0.2) is 0 Å². The Balaban J connectivity index is 1.28. The van der Waals surface area contributed by atoms with Crippen molar-refractivity contribution in [3.8, 4) is 11.1 Å². The maximum absolute atomic E-state index is 13.8. The van der Waals surface area contributed by atoms with Gasteiger partial charge in [-0.3, -0.25) is 9.69 Å². The Hall–Kier alpha value is -4.09. The van der Waals surface area contributed by atoms with E-state index in [1.807, 2.05) is 66.7 Å². The highest BCUT2D eigenvalue weighted by Crippen LogP contribution is 2.45. The number of halogens is 1. The molecule has 2 amide bonds. The molecular formula is C32H27ClN2O3. The van der Waals surface area contributed by atoms with Crippen LogP contribution < -0.4 is 4.90 Å². The van der Waals surface area contributed by atoms with Gasteiger partial charge in [-0.05, 0) is 64.4 Å². The van der Waals surface area contributed by atoms with Gasteiger partial charge in [-0.15, -0.1) is 0 Å². The van der Waals surface area contributed by atoms with Gasteiger partial charge in [0.25, 0.3) is 0 Å². The van der Waals surface area contributed by atoms with Crippen LogP contribution in [0.2, 0.25) is 5.02 Å². The molecule has 0 bridgehead atoms. The lowest BCUT2D eigenvalue weighted by atomic mass is 9.96. The number of anilines is 2. The zero-order valence-corrected chi connectivity index (χ0v) is 21.6. The van der Waals surface area contributed by atoms with E-state index in [-0.39, 0.29) is 31.3 Å². The summed E-state index contributed by atoms with van der Waals surface area (Å²) in [6.45, 7) is 0.388. The molecule has 4 aromatic rings. The van der Waals surface area contributed by atoms with E-state index >= 15 is 0 Å². The quantitative estimate of drug-likeness (QED) is 0.299. The average Bonchev–Trinajstić information content (AvgIpc) is 3.14. The van der Waals surface area contributed by atoms with Crippen molar-refractivity contribution in [3.63, 3.8) is 0 Å². The number of carbonyl (C=O) groups excluding carboxylic acids is 1. The number of amides is 2. The molecule has 0 unspecified atom stereocenters. The number of fused-ring (bicyclic) bond motifs is 5. The van der Waals surface area contributed by atoms with Gasteiger partial charge in [0.2, 0.25) is 5.91 Å². The molecule has 0 atom stereocenters. The van der Waals surface area contributed by atoms with Crippen LogP contribution in [0.25, 0.3) is 11.1 Å². The monoisotopic (exact) mass is 522 g/mol. The van der Waals surface area contributed by atoms with Crippen LogP contribution in [0.1, 0.15) is 34.6 Å². The van der Waals surface area contributed by atoms with Crippen LogP contribution >= 0.6 is 11.6 Å². The molecule has 0 radical (unpaired) electrons. The van der Waals surface area contributed by atoms with E-state index in [0.717, 1.165) is 57.6 Å². The Kier molecular flexibility index (Phi) is 6.38. The molecule has 190 valence electrons. The van der Waals surface area contributed by atoms with Gasteiger partial charge in [0, 0.05) is 30.5 Å². The Morgan fingerprint density at radius 1 is 0.816 bits per heavy atom. The van der Waals surface area contributed by atoms with E-state index in [2.05, 4.69) is 24.3 Å². The van der Waals surface area contributed by atoms with Crippen molar-refractivity contribution in [1.82, 2.24) is 4.90 Å². The summed E-state index contributed by atoms with van der Waals surface area (Å²) in [4.78, 5) is 29.3. The lowest BCUT2D eigenvalue weighted by molar-refractivity contribution is -0.118. The Bertz CT molecular complexity index is 1500. The minimum Gasteiger partial charge on any atom is -0.465 e. The lowest BCUT2D eigenvalue weighted by Gasteiger charge is -2.28. The third-order valence-corrected chi connectivity index (χ3v) is 7.90. The molecule has 1 aliphatic heterocycles. The zero-order chi connectivity index (χ0) is 26.2. The number of rotatable bonds is 5. The van der Waals surface area contributed by atoms with E-state index in [0.29, 0.717) is 5.02 Å². The molecule has 0 saturated heterocycles. The Morgan fingerprint density at radius 3 is 2.11 bits per heavy atom. The van der Waals surface area contributed by atoms with Gasteiger partial charge in [0.1, 0.15) is 0 Å². The minimum atomic E-state index is -1.03. The minimum absolute atomic E-state index is 0.0581. The zero-order valence-electron chi connectivity index (χ0n) is 20.8. The topological polar surface area (TPSA) is 60.9 Å². The number of carboxylic acid groups (broad SMARTS) is 1. The fourth-order valence-corrected chi connectivity index (χ4v) is 6.02. The van der Waals surface area contributed by atoms with Crippen molar-refractivity contribution in [3.05, 3.63) is 118 Å². The summed E-state index contributed by atoms with van der Waals surface area (Å²) >= 11 is 6.35. The van der Waals surface area contributed by atoms with Gasteiger partial charge in [0.05, 0.1) is 11.4 Å². The number of carbonyl (C=O) groups is 2. The molecule has 1 N–H and O–H groups in total. The molecule has 38 heavy (non-hydrogen) atoms. The fourth-order valence-electron chi connectivity index (χ4n) is 5.85. The second-order valence-corrected chi connectivity index (χ2v) is 10.3. The molecule has 1 heterocycles. The summed E-state index contributed by atoms with van der Waals surface area (Å²) in [6.07, 6.45) is 0.646. The van der Waals surface area contributed by atoms with Crippen LogP contribution in [0.5, 0.6) is 0 Å². The van der Waals surface area contributed by atoms with Gasteiger partial charge in [-0.2, -0.15) is 0 Å². The van der Waals surface area contributed by atoms with E-state index in [4.69, 9.17) is 11.6 Å². The van der Waals surface area contributed by atoms with Crippen molar-refractivity contribution in [1.29, 1.82) is 0 Å². The second-order valence-electron chi connectivity index (χ2n) is 9.84. The Labute approximate surface area is 226 Å². The molecule has 1 aliphatic carbocycles. The predicted molar refractivity (Wildman–Crippen MR) is 150 cm³/mol. The van der Waals surface area contributed by atoms with Crippen molar-refractivity contribution in [2.75, 3.05) is 18.0 Å². The number of nitrogens with zero attached hydrogens (tertiary/aromatic N) is 2. The van der Waals surface area contributed by atoms with Crippen molar-refractivity contribution >= 4 is 35.0 Å². The maximum atomic E-state index is 13.8. The van der Waals surface area contributed by atoms with Crippen LogP contribution in [-0.2, 0) is 17.6 Å². The number of benzene rings is 4. The predicted octanol–water partition coefficient (Wildman–Crippen LogP) is 7.29. The molecule has 0 fully saturated rings. The first kappa shape index (κ1) is 24.3. The van der Waals surface area contributed by atoms with E-state index in [1.54, 1.807) is 4.90 Å². The molecule has 6 heteroatoms. The first-order valence-corrected chi connectivity index (χ1v) is 13.2. The van der Waals surface area contributed by atoms with Crippen LogP contribution in [-0.4, -0.2) is 35.1 Å². The summed E-state index contributed by atoms with van der Waals surface area (Å²) in [5.41, 5.74) is 8.27. The maximum Gasteiger partial charge on any atom is 0.407 e. The average molecular weight is 523 g/mol. The normalized spacial score (nSPS) is 13.7. The highest BCUT2D eigenvalue weighted by Gasteiger charge is 2.32. The SMILES string of the molecule is O=C(O)N(CCC(=O)N1c2ccccc2CCc2ccc(Cl)cc21)CC1c2ccccc2-c2ccccc21. The molecule has 0 saturated carbocycles. The van der Waals surface area contributed by atoms with Crippen LogP contribution in [0.4, 0.5) is 16.2 Å². The number of hydrogen-bond acceptors (Lipinski definition) is 2. The molecule has 6 rings (SSSR count). The molecular weight excluding hydrogens is 496 g/mol. The van der Waals surface area contributed by atoms with Gasteiger partial charge in [-0.25, -0.2) is 4.79 Å². The number of para-hydroxylation sites is 1. The number of hydrogen-bond donors (Lipinski definition) is 1. The summed E-state index contributed by atoms with van der Waals surface area (Å²) in [5.74, 6) is -0.228. The van der Waals surface area contributed by atoms with E-state index in [1.165, 1.54) is 4.90 Å². The standard InChI is InChI=1S/C32H27ClN2O3/c33-23-16-15-22-14-13-21-7-1-6-12-29(21)35(30(22)19-23)31(36)17-18-34(32(37)38)20-28-26-10-4-2-8-24(26)25-9-3-5-11-27(25)28/h1-12,15-16,19,28H,13-14,17-18,20H2,(H,37,38). The van der Waals surface area contributed by atoms with E-state index < -0.39 is 6.09 Å². The lowest BCUT2D eigenvalue weighted by Crippen LogP contribution is -2.37. The van der Waals surface area contributed by atoms with Crippen LogP contribution in [0.15, 0.2) is 91.0 Å². The molecule has 2 aliphatic rings.